The van der Waals surface area contributed by atoms with Crippen molar-refractivity contribution in [2.45, 2.75) is 12.5 Å². The summed E-state index contributed by atoms with van der Waals surface area (Å²) in [5.74, 6) is 0. The second-order valence-corrected chi connectivity index (χ2v) is 2.99. The SMILES string of the molecule is OC(Cc1ccoc1)c1ccncn1. The van der Waals surface area contributed by atoms with Crippen molar-refractivity contribution in [3.63, 3.8) is 0 Å². The van der Waals surface area contributed by atoms with Crippen LogP contribution in [0.4, 0.5) is 0 Å². The van der Waals surface area contributed by atoms with Gasteiger partial charge >= 0.3 is 0 Å². The number of aliphatic hydroxyl groups excluding tert-OH is 1. The molecule has 0 fully saturated rings. The smallest absolute Gasteiger partial charge is 0.115 e. The van der Waals surface area contributed by atoms with E-state index in [1.165, 1.54) is 6.33 Å². The van der Waals surface area contributed by atoms with E-state index in [1.807, 2.05) is 6.07 Å². The molecule has 0 saturated heterocycles. The van der Waals surface area contributed by atoms with Gasteiger partial charge in [0.1, 0.15) is 12.4 Å². The van der Waals surface area contributed by atoms with Crippen molar-refractivity contribution in [3.05, 3.63) is 48.4 Å². The second kappa shape index (κ2) is 4.02. The summed E-state index contributed by atoms with van der Waals surface area (Å²) in [5.41, 5.74) is 1.58. The van der Waals surface area contributed by atoms with Crippen LogP contribution in [0, 0.1) is 0 Å². The summed E-state index contributed by atoms with van der Waals surface area (Å²) in [5, 5.41) is 9.76. The molecule has 1 unspecified atom stereocenters. The third-order valence-electron chi connectivity index (χ3n) is 1.96. The molecule has 0 bridgehead atoms. The molecule has 0 amide bonds. The van der Waals surface area contributed by atoms with E-state index in [9.17, 15) is 5.11 Å². The van der Waals surface area contributed by atoms with E-state index in [1.54, 1.807) is 24.8 Å². The van der Waals surface area contributed by atoms with E-state index in [2.05, 4.69) is 9.97 Å². The molecule has 0 aliphatic rings. The van der Waals surface area contributed by atoms with E-state index in [4.69, 9.17) is 4.42 Å². The molecule has 1 atom stereocenters. The lowest BCUT2D eigenvalue weighted by molar-refractivity contribution is 0.173. The Morgan fingerprint density at radius 3 is 3.00 bits per heavy atom. The Balaban J connectivity index is 2.07. The molecular formula is C10H10N2O2. The summed E-state index contributed by atoms with van der Waals surface area (Å²) in [6.45, 7) is 0. The van der Waals surface area contributed by atoms with Crippen LogP contribution in [-0.4, -0.2) is 15.1 Å². The van der Waals surface area contributed by atoms with Gasteiger partial charge in [-0.3, -0.25) is 0 Å². The van der Waals surface area contributed by atoms with Crippen molar-refractivity contribution >= 4 is 0 Å². The van der Waals surface area contributed by atoms with Crippen molar-refractivity contribution in [1.29, 1.82) is 0 Å². The summed E-state index contributed by atoms with van der Waals surface area (Å²) >= 11 is 0. The minimum atomic E-state index is -0.601. The number of hydrogen-bond acceptors (Lipinski definition) is 4. The zero-order valence-corrected chi connectivity index (χ0v) is 7.50. The van der Waals surface area contributed by atoms with Gasteiger partial charge in [-0.05, 0) is 17.7 Å². The van der Waals surface area contributed by atoms with Crippen LogP contribution in [0.25, 0.3) is 0 Å². The van der Waals surface area contributed by atoms with Crippen LogP contribution in [-0.2, 0) is 6.42 Å². The Labute approximate surface area is 81.2 Å². The van der Waals surface area contributed by atoms with E-state index in [-0.39, 0.29) is 0 Å². The van der Waals surface area contributed by atoms with Gasteiger partial charge in [0.05, 0.1) is 18.2 Å². The summed E-state index contributed by atoms with van der Waals surface area (Å²) in [4.78, 5) is 7.75. The highest BCUT2D eigenvalue weighted by Crippen LogP contribution is 2.15. The van der Waals surface area contributed by atoms with Crippen LogP contribution >= 0.6 is 0 Å². The zero-order valence-electron chi connectivity index (χ0n) is 7.50. The molecule has 0 spiro atoms. The highest BCUT2D eigenvalue weighted by Gasteiger charge is 2.09. The molecule has 2 aromatic rings. The number of aromatic nitrogens is 2. The molecular weight excluding hydrogens is 180 g/mol. The maximum atomic E-state index is 9.76. The highest BCUT2D eigenvalue weighted by molar-refractivity contribution is 5.11. The van der Waals surface area contributed by atoms with Crippen LogP contribution in [0.3, 0.4) is 0 Å². The van der Waals surface area contributed by atoms with Gasteiger partial charge < -0.3 is 9.52 Å². The number of nitrogens with zero attached hydrogens (tertiary/aromatic N) is 2. The molecule has 0 aliphatic carbocycles. The number of aliphatic hydroxyl groups is 1. The van der Waals surface area contributed by atoms with Gasteiger partial charge in [0.15, 0.2) is 0 Å². The molecule has 2 heterocycles. The molecule has 72 valence electrons. The van der Waals surface area contributed by atoms with Gasteiger partial charge in [-0.15, -0.1) is 0 Å². The maximum absolute atomic E-state index is 9.76. The van der Waals surface area contributed by atoms with Crippen molar-refractivity contribution in [2.24, 2.45) is 0 Å². The molecule has 4 heteroatoms. The van der Waals surface area contributed by atoms with Crippen LogP contribution in [0.5, 0.6) is 0 Å². The van der Waals surface area contributed by atoms with Crippen molar-refractivity contribution < 1.29 is 9.52 Å². The first-order chi connectivity index (χ1) is 6.86. The van der Waals surface area contributed by atoms with E-state index < -0.39 is 6.10 Å². The standard InChI is InChI=1S/C10H10N2O2/c13-10(5-8-2-4-14-6-8)9-1-3-11-7-12-9/h1-4,6-7,10,13H,5H2. The van der Waals surface area contributed by atoms with Crippen molar-refractivity contribution in [2.75, 3.05) is 0 Å². The highest BCUT2D eigenvalue weighted by atomic mass is 16.3. The molecule has 4 nitrogen and oxygen atoms in total. The summed E-state index contributed by atoms with van der Waals surface area (Å²) in [6.07, 6.45) is 6.14. The monoisotopic (exact) mass is 190 g/mol. The minimum absolute atomic E-state index is 0.507. The van der Waals surface area contributed by atoms with Gasteiger partial charge in [0.2, 0.25) is 0 Å². The van der Waals surface area contributed by atoms with Crippen molar-refractivity contribution in [1.82, 2.24) is 9.97 Å². The fourth-order valence-electron chi connectivity index (χ4n) is 1.23. The Morgan fingerprint density at radius 2 is 2.36 bits per heavy atom. The average Bonchev–Trinajstić information content (AvgIpc) is 2.72. The van der Waals surface area contributed by atoms with E-state index in [0.717, 1.165) is 5.56 Å². The Kier molecular flexibility index (Phi) is 2.55. The van der Waals surface area contributed by atoms with Crippen LogP contribution < -0.4 is 0 Å². The fraction of sp³-hybridized carbons (Fsp3) is 0.200. The normalized spacial score (nSPS) is 12.6. The lowest BCUT2D eigenvalue weighted by atomic mass is 10.1. The van der Waals surface area contributed by atoms with Crippen LogP contribution in [0.15, 0.2) is 41.6 Å². The summed E-state index contributed by atoms with van der Waals surface area (Å²) in [7, 11) is 0. The Morgan fingerprint density at radius 1 is 1.43 bits per heavy atom. The van der Waals surface area contributed by atoms with Crippen molar-refractivity contribution in [3.8, 4) is 0 Å². The van der Waals surface area contributed by atoms with Gasteiger partial charge in [0, 0.05) is 12.6 Å². The predicted octanol–water partition coefficient (Wildman–Crippen LogP) is 1.35. The minimum Gasteiger partial charge on any atom is -0.472 e. The second-order valence-electron chi connectivity index (χ2n) is 2.99. The van der Waals surface area contributed by atoms with Gasteiger partial charge in [-0.2, -0.15) is 0 Å². The zero-order chi connectivity index (χ0) is 9.80. The molecule has 14 heavy (non-hydrogen) atoms. The molecule has 1 N–H and O–H groups in total. The lowest BCUT2D eigenvalue weighted by Crippen LogP contribution is -2.03. The molecule has 2 rings (SSSR count). The molecule has 0 radical (unpaired) electrons. The Hall–Kier alpha value is -1.68. The van der Waals surface area contributed by atoms with Gasteiger partial charge in [-0.1, -0.05) is 0 Å². The maximum Gasteiger partial charge on any atom is 0.115 e. The number of furan rings is 1. The molecule has 0 aromatic carbocycles. The van der Waals surface area contributed by atoms with Crippen LogP contribution in [0.2, 0.25) is 0 Å². The number of hydrogen-bond donors (Lipinski definition) is 1. The molecule has 2 aromatic heterocycles. The molecule has 0 saturated carbocycles. The first-order valence-electron chi connectivity index (χ1n) is 4.31. The largest absolute Gasteiger partial charge is 0.472 e. The summed E-state index contributed by atoms with van der Waals surface area (Å²) < 4.78 is 4.91. The predicted molar refractivity (Wildman–Crippen MR) is 49.4 cm³/mol. The first-order valence-corrected chi connectivity index (χ1v) is 4.31. The van der Waals surface area contributed by atoms with Crippen LogP contribution in [0.1, 0.15) is 17.4 Å². The third-order valence-corrected chi connectivity index (χ3v) is 1.96. The van der Waals surface area contributed by atoms with Gasteiger partial charge in [-0.25, -0.2) is 9.97 Å². The number of rotatable bonds is 3. The van der Waals surface area contributed by atoms with E-state index >= 15 is 0 Å². The van der Waals surface area contributed by atoms with E-state index in [0.29, 0.717) is 12.1 Å². The topological polar surface area (TPSA) is 59.2 Å². The average molecular weight is 190 g/mol. The first kappa shape index (κ1) is 8.90. The fourth-order valence-corrected chi connectivity index (χ4v) is 1.23. The van der Waals surface area contributed by atoms with Gasteiger partial charge in [0.25, 0.3) is 0 Å². The quantitative estimate of drug-likeness (QED) is 0.793. The lowest BCUT2D eigenvalue weighted by Gasteiger charge is -2.07. The summed E-state index contributed by atoms with van der Waals surface area (Å²) in [6, 6.07) is 3.52. The Bertz CT molecular complexity index is 372. The molecule has 0 aliphatic heterocycles. The third kappa shape index (κ3) is 1.97.